The highest BCUT2D eigenvalue weighted by Crippen LogP contribution is 2.26. The second-order valence-corrected chi connectivity index (χ2v) is 4.87. The molecule has 106 valence electrons. The molecule has 0 saturated heterocycles. The summed E-state index contributed by atoms with van der Waals surface area (Å²) in [6.45, 7) is 0. The third-order valence-corrected chi connectivity index (χ3v) is 3.51. The molecule has 0 bridgehead atoms. The van der Waals surface area contributed by atoms with Gasteiger partial charge in [0.1, 0.15) is 0 Å². The second-order valence-electron chi connectivity index (χ2n) is 4.87. The topological polar surface area (TPSA) is 55.2 Å². The number of benzene rings is 1. The van der Waals surface area contributed by atoms with Gasteiger partial charge >= 0.3 is 0 Å². The van der Waals surface area contributed by atoms with E-state index in [0.29, 0.717) is 12.3 Å². The van der Waals surface area contributed by atoms with Crippen LogP contribution in [0, 0.1) is 0 Å². The van der Waals surface area contributed by atoms with E-state index >= 15 is 0 Å². The zero-order chi connectivity index (χ0) is 14.7. The number of nitrogens with zero attached hydrogens (tertiary/aromatic N) is 2. The zero-order valence-electron chi connectivity index (χ0n) is 11.7. The molecule has 1 unspecified atom stereocenters. The fraction of sp³-hybridized carbons (Fsp3) is 0.176. The highest BCUT2D eigenvalue weighted by molar-refractivity contribution is 5.85. The number of fused-ring (bicyclic) bond motifs is 1. The molecular formula is C17H16N2O2. The van der Waals surface area contributed by atoms with Crippen LogP contribution in [0.25, 0.3) is 10.8 Å². The van der Waals surface area contributed by atoms with E-state index < -0.39 is 6.10 Å². The van der Waals surface area contributed by atoms with Crippen molar-refractivity contribution in [2.45, 2.75) is 12.5 Å². The average Bonchev–Trinajstić information content (AvgIpc) is 2.55. The predicted octanol–water partition coefficient (Wildman–Crippen LogP) is 2.91. The lowest BCUT2D eigenvalue weighted by atomic mass is 9.98. The molecule has 2 aromatic heterocycles. The number of methoxy groups -OCH3 is 1. The Labute approximate surface area is 123 Å². The molecule has 0 spiro atoms. The molecule has 4 nitrogen and oxygen atoms in total. The quantitative estimate of drug-likeness (QED) is 0.798. The molecule has 1 N–H and O–H groups in total. The summed E-state index contributed by atoms with van der Waals surface area (Å²) < 4.78 is 5.03. The molecule has 0 radical (unpaired) electrons. The minimum absolute atomic E-state index is 0.505. The lowest BCUT2D eigenvalue weighted by Crippen LogP contribution is -2.03. The Morgan fingerprint density at radius 1 is 1.14 bits per heavy atom. The number of ether oxygens (including phenoxy) is 1. The van der Waals surface area contributed by atoms with Crippen LogP contribution in [0.3, 0.4) is 0 Å². The van der Waals surface area contributed by atoms with Crippen molar-refractivity contribution < 1.29 is 9.84 Å². The van der Waals surface area contributed by atoms with Crippen molar-refractivity contribution in [3.05, 3.63) is 66.1 Å². The molecule has 2 heterocycles. The third kappa shape index (κ3) is 2.85. The number of aliphatic hydroxyl groups excluding tert-OH is 1. The van der Waals surface area contributed by atoms with Gasteiger partial charge in [0, 0.05) is 36.5 Å². The van der Waals surface area contributed by atoms with E-state index in [2.05, 4.69) is 9.97 Å². The van der Waals surface area contributed by atoms with Crippen LogP contribution < -0.4 is 4.74 Å². The molecule has 1 atom stereocenters. The van der Waals surface area contributed by atoms with Crippen molar-refractivity contribution in [3.8, 4) is 5.88 Å². The summed E-state index contributed by atoms with van der Waals surface area (Å²) in [5.41, 5.74) is 1.85. The Hall–Kier alpha value is -2.46. The van der Waals surface area contributed by atoms with Crippen LogP contribution >= 0.6 is 0 Å². The number of aromatic nitrogens is 2. The van der Waals surface area contributed by atoms with Crippen molar-refractivity contribution in [3.63, 3.8) is 0 Å². The monoisotopic (exact) mass is 280 g/mol. The number of hydrogen-bond acceptors (Lipinski definition) is 4. The highest BCUT2D eigenvalue weighted by atomic mass is 16.5. The number of rotatable bonds is 4. The van der Waals surface area contributed by atoms with E-state index in [9.17, 15) is 5.11 Å². The molecule has 0 amide bonds. The first-order chi connectivity index (χ1) is 10.3. The van der Waals surface area contributed by atoms with Crippen LogP contribution in [-0.4, -0.2) is 22.2 Å². The smallest absolute Gasteiger partial charge is 0.212 e. The maximum Gasteiger partial charge on any atom is 0.212 e. The molecule has 0 saturated carbocycles. The zero-order valence-corrected chi connectivity index (χ0v) is 11.7. The summed E-state index contributed by atoms with van der Waals surface area (Å²) in [6.07, 6.45) is 5.19. The third-order valence-electron chi connectivity index (χ3n) is 3.51. The van der Waals surface area contributed by atoms with E-state index in [1.54, 1.807) is 31.8 Å². The Kier molecular flexibility index (Phi) is 3.79. The normalized spacial score (nSPS) is 12.3. The summed E-state index contributed by atoms with van der Waals surface area (Å²) in [7, 11) is 1.58. The minimum atomic E-state index is -0.590. The van der Waals surface area contributed by atoms with Gasteiger partial charge in [-0.2, -0.15) is 0 Å². The Balaban J connectivity index is 1.88. The molecule has 1 aromatic carbocycles. The summed E-state index contributed by atoms with van der Waals surface area (Å²) in [4.78, 5) is 8.31. The molecule has 0 aliphatic carbocycles. The highest BCUT2D eigenvalue weighted by Gasteiger charge is 2.12. The van der Waals surface area contributed by atoms with Crippen LogP contribution in [0.2, 0.25) is 0 Å². The summed E-state index contributed by atoms with van der Waals surface area (Å²) in [5, 5.41) is 12.6. The van der Waals surface area contributed by atoms with Gasteiger partial charge < -0.3 is 9.84 Å². The van der Waals surface area contributed by atoms with Gasteiger partial charge in [-0.15, -0.1) is 0 Å². The van der Waals surface area contributed by atoms with Crippen molar-refractivity contribution >= 4 is 10.8 Å². The van der Waals surface area contributed by atoms with E-state index in [1.165, 1.54) is 0 Å². The van der Waals surface area contributed by atoms with E-state index in [0.717, 1.165) is 21.9 Å². The largest absolute Gasteiger partial charge is 0.481 e. The maximum atomic E-state index is 10.5. The average molecular weight is 280 g/mol. The van der Waals surface area contributed by atoms with Crippen molar-refractivity contribution in [1.29, 1.82) is 0 Å². The molecule has 0 aliphatic heterocycles. The molecule has 21 heavy (non-hydrogen) atoms. The van der Waals surface area contributed by atoms with Gasteiger partial charge in [0.25, 0.3) is 0 Å². The molecule has 3 aromatic rings. The first-order valence-corrected chi connectivity index (χ1v) is 6.77. The molecule has 0 aliphatic rings. The van der Waals surface area contributed by atoms with E-state index in [1.807, 2.05) is 30.3 Å². The minimum Gasteiger partial charge on any atom is -0.481 e. The lowest BCUT2D eigenvalue weighted by molar-refractivity contribution is 0.180. The number of aliphatic hydroxyl groups is 1. The van der Waals surface area contributed by atoms with Gasteiger partial charge in [-0.3, -0.25) is 4.98 Å². The fourth-order valence-corrected chi connectivity index (χ4v) is 2.41. The van der Waals surface area contributed by atoms with Crippen LogP contribution in [-0.2, 0) is 6.42 Å². The number of hydrogen-bond donors (Lipinski definition) is 1. The van der Waals surface area contributed by atoms with Gasteiger partial charge in [0.15, 0.2) is 0 Å². The first kappa shape index (κ1) is 13.5. The van der Waals surface area contributed by atoms with Crippen LogP contribution in [0.5, 0.6) is 5.88 Å². The van der Waals surface area contributed by atoms with Crippen LogP contribution in [0.1, 0.15) is 17.2 Å². The molecule has 4 heteroatoms. The van der Waals surface area contributed by atoms with Gasteiger partial charge in [-0.25, -0.2) is 4.98 Å². The molecule has 3 rings (SSSR count). The number of pyridine rings is 2. The Morgan fingerprint density at radius 3 is 2.81 bits per heavy atom. The van der Waals surface area contributed by atoms with Gasteiger partial charge in [0.2, 0.25) is 5.88 Å². The SMILES string of the molecule is COc1ccc(CC(O)c2cccc3ccncc23)cn1. The van der Waals surface area contributed by atoms with Crippen molar-refractivity contribution in [1.82, 2.24) is 9.97 Å². The second kappa shape index (κ2) is 5.89. The van der Waals surface area contributed by atoms with Crippen molar-refractivity contribution in [2.24, 2.45) is 0 Å². The van der Waals surface area contributed by atoms with E-state index in [-0.39, 0.29) is 0 Å². The predicted molar refractivity (Wildman–Crippen MR) is 81.2 cm³/mol. The van der Waals surface area contributed by atoms with Gasteiger partial charge in [-0.05, 0) is 22.6 Å². The van der Waals surface area contributed by atoms with E-state index in [4.69, 9.17) is 4.74 Å². The molecule has 0 fully saturated rings. The fourth-order valence-electron chi connectivity index (χ4n) is 2.41. The lowest BCUT2D eigenvalue weighted by Gasteiger charge is -2.13. The van der Waals surface area contributed by atoms with Gasteiger partial charge in [-0.1, -0.05) is 24.3 Å². The summed E-state index contributed by atoms with van der Waals surface area (Å²) in [5.74, 6) is 0.572. The summed E-state index contributed by atoms with van der Waals surface area (Å²) in [6, 6.07) is 11.6. The van der Waals surface area contributed by atoms with Gasteiger partial charge in [0.05, 0.1) is 13.2 Å². The Morgan fingerprint density at radius 2 is 2.05 bits per heavy atom. The molecular weight excluding hydrogens is 264 g/mol. The van der Waals surface area contributed by atoms with Crippen LogP contribution in [0.15, 0.2) is 55.0 Å². The Bertz CT molecular complexity index is 736. The maximum absolute atomic E-state index is 10.5. The van der Waals surface area contributed by atoms with Crippen LogP contribution in [0.4, 0.5) is 0 Å². The summed E-state index contributed by atoms with van der Waals surface area (Å²) >= 11 is 0. The first-order valence-electron chi connectivity index (χ1n) is 6.77. The standard InChI is InChI=1S/C17H16N2O2/c1-21-17-6-5-12(10-19-17)9-16(20)14-4-2-3-13-7-8-18-11-15(13)14/h2-8,10-11,16,20H,9H2,1H3. The van der Waals surface area contributed by atoms with Crippen molar-refractivity contribution in [2.75, 3.05) is 7.11 Å².